The Hall–Kier alpha value is -4.08. The molecule has 5 aliphatic heterocycles. The summed E-state index contributed by atoms with van der Waals surface area (Å²) in [5, 5.41) is 86.2. The summed E-state index contributed by atoms with van der Waals surface area (Å²) < 4.78 is 30.1. The smallest absolute Gasteiger partial charge is 0.335 e. The molecule has 10 spiro atoms. The number of hydrogen-bond acceptors (Lipinski definition) is 14. The summed E-state index contributed by atoms with van der Waals surface area (Å²) in [6, 6.07) is 2.63. The SMILES string of the molecule is CC(=O)c1c(C)c(O)c2cc(C(=O)O)cc(OC3OC4(CO)C#CCC5CCCC56CCC5(CCCC7(C5)OC4(CC4C5=C7CC=C5C5(CCCO)COCC7CC89CC4(NNC8CC4(C9)CC8(CCCC8)C8CCCC9CCCC9%10CCC84C%10)C75)C(O)C3O)C6)c2c1O. The fourth-order valence-corrected chi connectivity index (χ4v) is 30.3. The minimum Gasteiger partial charge on any atom is -0.507 e. The number of Topliss-reactive ketones (excluding diaryl/α,β-unsaturated/α-hetero) is 1. The fraction of sp³-hybridized carbons (Fsp3) is 0.772. The van der Waals surface area contributed by atoms with Crippen LogP contribution in [0.1, 0.15) is 245 Å². The number of ketones is 1. The number of carboxylic acids is 1. The number of hydrogen-bond donors (Lipinski definition) is 9. The first-order valence-electron chi connectivity index (χ1n) is 37.7. The number of phenolic OH excluding ortho intramolecular Hbond substituents is 2. The van der Waals surface area contributed by atoms with E-state index in [0.29, 0.717) is 61.1 Å². The summed E-state index contributed by atoms with van der Waals surface area (Å²) in [6.07, 6.45) is 33.5. The molecule has 9 N–H and O–H groups in total. The van der Waals surface area contributed by atoms with E-state index in [1.165, 1.54) is 145 Å². The molecule has 21 atom stereocenters. The van der Waals surface area contributed by atoms with Crippen LogP contribution in [0.25, 0.3) is 10.8 Å². The molecule has 8 bridgehead atoms. The molecule has 5 heterocycles. The number of ether oxygens (including phenoxy) is 4. The first-order chi connectivity index (χ1) is 45.2. The van der Waals surface area contributed by atoms with E-state index < -0.39 is 76.1 Å². The number of aromatic carboxylic acids is 1. The van der Waals surface area contributed by atoms with Gasteiger partial charge in [-0.1, -0.05) is 50.0 Å². The summed E-state index contributed by atoms with van der Waals surface area (Å²) in [5.74, 6) is 5.97. The van der Waals surface area contributed by atoms with E-state index in [1.807, 2.05) is 0 Å². The van der Waals surface area contributed by atoms with Gasteiger partial charge in [-0.05, 0) is 284 Å². The number of phenols is 2. The largest absolute Gasteiger partial charge is 0.507 e. The number of aliphatic hydroxyl groups excluding tert-OH is 4. The van der Waals surface area contributed by atoms with Gasteiger partial charge in [0.15, 0.2) is 11.4 Å². The third-order valence-corrected chi connectivity index (χ3v) is 32.9. The molecule has 506 valence electrons. The van der Waals surface area contributed by atoms with E-state index in [1.54, 1.807) is 0 Å². The number of allylic oxidation sites excluding steroid dienone is 1. The molecule has 17 aliphatic rings. The second kappa shape index (κ2) is 20.1. The van der Waals surface area contributed by atoms with Gasteiger partial charge in [-0.15, -0.1) is 0 Å². The van der Waals surface area contributed by atoms with Crippen molar-refractivity contribution in [2.45, 2.75) is 273 Å². The predicted octanol–water partition coefficient (Wildman–Crippen LogP) is 12.3. The third-order valence-electron chi connectivity index (χ3n) is 32.9. The van der Waals surface area contributed by atoms with Crippen LogP contribution < -0.4 is 15.6 Å². The fourth-order valence-electron chi connectivity index (χ4n) is 30.3. The maximum Gasteiger partial charge on any atom is 0.335 e. The second-order valence-corrected chi connectivity index (χ2v) is 36.1. The molecule has 14 fully saturated rings. The minimum absolute atomic E-state index is 0.0426. The lowest BCUT2D eigenvalue weighted by molar-refractivity contribution is -0.370. The zero-order valence-corrected chi connectivity index (χ0v) is 55.7. The summed E-state index contributed by atoms with van der Waals surface area (Å²) in [6.45, 7) is 3.26. The van der Waals surface area contributed by atoms with Crippen molar-refractivity contribution in [2.75, 3.05) is 26.4 Å². The Balaban J connectivity index is 0.809. The van der Waals surface area contributed by atoms with Crippen LogP contribution in [0.3, 0.4) is 0 Å². The van der Waals surface area contributed by atoms with Gasteiger partial charge in [0, 0.05) is 53.5 Å². The topological polar surface area (TPSA) is 237 Å². The Morgan fingerprint density at radius 3 is 2.36 bits per heavy atom. The molecular weight excluding hydrogens is 1180 g/mol. The van der Waals surface area contributed by atoms with Gasteiger partial charge in [0.2, 0.25) is 6.29 Å². The van der Waals surface area contributed by atoms with Crippen molar-refractivity contribution >= 4 is 22.5 Å². The zero-order chi connectivity index (χ0) is 64.2. The summed E-state index contributed by atoms with van der Waals surface area (Å²) in [5.41, 5.74) is 7.53. The lowest BCUT2D eigenvalue weighted by Crippen LogP contribution is -2.82. The molecule has 0 radical (unpaired) electrons. The molecule has 15 nitrogen and oxygen atoms in total. The average Bonchev–Trinajstić information content (AvgIpc) is 1.41. The van der Waals surface area contributed by atoms with E-state index in [2.05, 4.69) is 28.8 Å². The van der Waals surface area contributed by atoms with Crippen LogP contribution in [0.15, 0.2) is 34.9 Å². The molecule has 2 aromatic carbocycles. The highest BCUT2D eigenvalue weighted by atomic mass is 16.7. The highest BCUT2D eigenvalue weighted by Crippen LogP contribution is 2.86. The van der Waals surface area contributed by atoms with Gasteiger partial charge in [0.1, 0.15) is 35.1 Å². The quantitative estimate of drug-likeness (QED) is 0.0679. The summed E-state index contributed by atoms with van der Waals surface area (Å²) in [4.78, 5) is 26.3. The van der Waals surface area contributed by atoms with Crippen molar-refractivity contribution in [3.05, 3.63) is 51.6 Å². The molecule has 12 aliphatic carbocycles. The number of fused-ring (bicyclic) bond motifs is 3. The van der Waals surface area contributed by atoms with Crippen molar-refractivity contribution in [3.63, 3.8) is 0 Å². The highest BCUT2D eigenvalue weighted by molar-refractivity contribution is 6.11. The normalized spacial score (nSPS) is 49.1. The zero-order valence-electron chi connectivity index (χ0n) is 55.7. The van der Waals surface area contributed by atoms with Crippen molar-refractivity contribution < 1.29 is 64.3 Å². The Kier molecular flexibility index (Phi) is 13.1. The molecule has 94 heavy (non-hydrogen) atoms. The monoisotopic (exact) mass is 1290 g/mol. The maximum atomic E-state index is 14.3. The van der Waals surface area contributed by atoms with Crippen LogP contribution in [0.2, 0.25) is 0 Å². The maximum absolute atomic E-state index is 14.3. The van der Waals surface area contributed by atoms with Crippen LogP contribution in [-0.2, 0) is 14.2 Å². The van der Waals surface area contributed by atoms with Gasteiger partial charge >= 0.3 is 5.97 Å². The Morgan fingerprint density at radius 2 is 1.56 bits per heavy atom. The Bertz CT molecular complexity index is 3750. The van der Waals surface area contributed by atoms with Crippen molar-refractivity contribution in [1.29, 1.82) is 0 Å². The van der Waals surface area contributed by atoms with E-state index in [4.69, 9.17) is 18.9 Å². The average molecular weight is 1290 g/mol. The van der Waals surface area contributed by atoms with Gasteiger partial charge in [-0.3, -0.25) is 15.6 Å². The molecule has 0 aromatic heterocycles. The number of hydrazine groups is 1. The van der Waals surface area contributed by atoms with E-state index in [-0.39, 0.29) is 91.7 Å². The third kappa shape index (κ3) is 7.48. The number of benzene rings is 2. The number of nitrogens with one attached hydrogen (secondary N) is 2. The van der Waals surface area contributed by atoms with Crippen LogP contribution in [-0.4, -0.2) is 121 Å². The lowest BCUT2D eigenvalue weighted by atomic mass is 9.38. The molecule has 3 saturated heterocycles. The molecule has 2 aromatic rings. The summed E-state index contributed by atoms with van der Waals surface area (Å²) >= 11 is 0. The van der Waals surface area contributed by atoms with Crippen molar-refractivity contribution in [1.82, 2.24) is 10.9 Å². The number of carbonyl (C=O) groups is 2. The minimum atomic E-state index is -2.08. The van der Waals surface area contributed by atoms with E-state index in [9.17, 15) is 45.3 Å². The first-order valence-corrected chi connectivity index (χ1v) is 37.7. The molecule has 21 unspecified atom stereocenters. The first kappa shape index (κ1) is 61.0. The number of rotatable bonds is 8. The van der Waals surface area contributed by atoms with E-state index in [0.717, 1.165) is 88.9 Å². The Morgan fingerprint density at radius 1 is 0.787 bits per heavy atom. The number of aliphatic hydroxyl groups is 4. The van der Waals surface area contributed by atoms with Gasteiger partial charge in [-0.25, -0.2) is 4.79 Å². The highest BCUT2D eigenvalue weighted by Gasteiger charge is 2.82. The number of carbonyl (C=O) groups excluding carboxylic acids is 1. The Labute approximate surface area is 553 Å². The molecule has 11 saturated carbocycles. The lowest BCUT2D eigenvalue weighted by Gasteiger charge is -2.72. The van der Waals surface area contributed by atoms with Crippen molar-refractivity contribution in [3.8, 4) is 29.1 Å². The van der Waals surface area contributed by atoms with Crippen LogP contribution >= 0.6 is 0 Å². The molecule has 0 amide bonds. The van der Waals surface area contributed by atoms with Crippen LogP contribution in [0.4, 0.5) is 0 Å². The van der Waals surface area contributed by atoms with Crippen LogP contribution in [0.5, 0.6) is 17.2 Å². The standard InChI is InChI=1S/C79H102N2O13/c1-45-58(46(2)84)62(86)59-51(61(45)85)31-47(66(89)90)32-55(59)92-67-63(87)65(88)79-34-54-60-52(16-17-53(60)76(94-79)24-9-18-68(38-76)26-27-69(37-68)21-6-13-50(69)14-8-25-77(79,43-83)93-67)74(23-10-30-82)44-91-36-48-33-72-40-73(35-57(72)80-81-78(54,42-72)64(48)74)39-71(19-3-4-20-71)56-15-5-11-49-12-7-22-70(49)28-29-75(56,73)41-70/h16,31-32,48-50,54,56-57,63-65,67,80-83,85-88H,3-7,9-15,17-24,26-30,33-44H2,1-2H3,(H,89,90). The van der Waals surface area contributed by atoms with Crippen molar-refractivity contribution in [2.24, 2.45) is 78.8 Å². The van der Waals surface area contributed by atoms with E-state index >= 15 is 0 Å². The molecular formula is C79H102N2O13. The summed E-state index contributed by atoms with van der Waals surface area (Å²) in [7, 11) is 0. The van der Waals surface area contributed by atoms with Gasteiger partial charge < -0.3 is 54.7 Å². The predicted molar refractivity (Wildman–Crippen MR) is 349 cm³/mol. The number of aromatic hydroxyl groups is 2. The molecule has 15 heteroatoms. The molecule has 19 rings (SSSR count). The van der Waals surface area contributed by atoms with Gasteiger partial charge in [0.25, 0.3) is 0 Å². The number of carboxylic acid groups (broad SMARTS) is 1. The van der Waals surface area contributed by atoms with Crippen LogP contribution in [0, 0.1) is 97.6 Å². The van der Waals surface area contributed by atoms with Gasteiger partial charge in [0.05, 0.1) is 35.3 Å². The van der Waals surface area contributed by atoms with Gasteiger partial charge in [-0.2, -0.15) is 0 Å². The second-order valence-electron chi connectivity index (χ2n) is 36.1.